The highest BCUT2D eigenvalue weighted by atomic mass is 16.4. The van der Waals surface area contributed by atoms with E-state index < -0.39 is 23.1 Å². The molecular weight excluding hydrogens is 326 g/mol. The number of hydrogen-bond donors (Lipinski definition) is 3. The first-order chi connectivity index (χ1) is 12.0. The van der Waals surface area contributed by atoms with Crippen molar-refractivity contribution < 1.29 is 14.7 Å². The van der Waals surface area contributed by atoms with Crippen molar-refractivity contribution in [3.8, 4) is 0 Å². The number of carboxylic acids is 1. The highest BCUT2D eigenvalue weighted by molar-refractivity contribution is 5.93. The molecule has 1 unspecified atom stereocenters. The summed E-state index contributed by atoms with van der Waals surface area (Å²) in [6.45, 7) is 0.963. The fraction of sp³-hybridized carbons (Fsp3) is 0.294. The second-order valence-electron chi connectivity index (χ2n) is 6.00. The maximum Gasteiger partial charge on any atom is 0.335 e. The van der Waals surface area contributed by atoms with Gasteiger partial charge in [-0.15, -0.1) is 0 Å². The number of piperidine rings is 1. The number of H-pyrrole nitrogens is 2. The van der Waals surface area contributed by atoms with Gasteiger partial charge in [0, 0.05) is 25.2 Å². The van der Waals surface area contributed by atoms with Crippen molar-refractivity contribution in [2.45, 2.75) is 18.8 Å². The quantitative estimate of drug-likeness (QED) is 0.760. The van der Waals surface area contributed by atoms with E-state index in [1.807, 2.05) is 4.98 Å². The first-order valence-electron chi connectivity index (χ1n) is 7.90. The van der Waals surface area contributed by atoms with Crippen molar-refractivity contribution in [2.75, 3.05) is 13.1 Å². The molecule has 1 saturated heterocycles. The van der Waals surface area contributed by atoms with E-state index in [9.17, 15) is 19.2 Å². The van der Waals surface area contributed by atoms with E-state index in [0.717, 1.165) is 24.6 Å². The summed E-state index contributed by atoms with van der Waals surface area (Å²) in [7, 11) is 0. The Morgan fingerprint density at radius 3 is 2.52 bits per heavy atom. The fourth-order valence-electron chi connectivity index (χ4n) is 3.07. The van der Waals surface area contributed by atoms with Gasteiger partial charge in [0.1, 0.15) is 5.56 Å². The van der Waals surface area contributed by atoms with E-state index in [-0.39, 0.29) is 17.0 Å². The molecule has 1 aliphatic rings. The van der Waals surface area contributed by atoms with Crippen LogP contribution in [0.4, 0.5) is 0 Å². The lowest BCUT2D eigenvalue weighted by molar-refractivity contribution is 0.0693. The molecule has 1 atom stereocenters. The number of carbonyl (C=O) groups excluding carboxylic acids is 1. The Hall–Kier alpha value is -3.16. The molecule has 130 valence electrons. The van der Waals surface area contributed by atoms with Gasteiger partial charge in [-0.1, -0.05) is 12.1 Å². The number of nitrogens with one attached hydrogen (secondary N) is 2. The molecule has 2 aromatic rings. The Morgan fingerprint density at radius 2 is 1.88 bits per heavy atom. The lowest BCUT2D eigenvalue weighted by Gasteiger charge is -2.33. The van der Waals surface area contributed by atoms with Gasteiger partial charge in [-0.05, 0) is 30.5 Å². The molecule has 2 heterocycles. The second-order valence-corrected chi connectivity index (χ2v) is 6.00. The number of nitrogens with zero attached hydrogens (tertiary/aromatic N) is 1. The topological polar surface area (TPSA) is 123 Å². The average Bonchev–Trinajstić information content (AvgIpc) is 2.61. The smallest absolute Gasteiger partial charge is 0.335 e. The summed E-state index contributed by atoms with van der Waals surface area (Å²) < 4.78 is 0. The zero-order valence-corrected chi connectivity index (χ0v) is 13.3. The highest BCUT2D eigenvalue weighted by Gasteiger charge is 2.27. The van der Waals surface area contributed by atoms with Crippen LogP contribution in [0.2, 0.25) is 0 Å². The predicted molar refractivity (Wildman–Crippen MR) is 89.0 cm³/mol. The van der Waals surface area contributed by atoms with Gasteiger partial charge in [0.25, 0.3) is 11.5 Å². The van der Waals surface area contributed by atoms with Crippen molar-refractivity contribution in [1.29, 1.82) is 0 Å². The third kappa shape index (κ3) is 3.52. The summed E-state index contributed by atoms with van der Waals surface area (Å²) in [5.41, 5.74) is -0.287. The van der Waals surface area contributed by atoms with E-state index in [4.69, 9.17) is 5.11 Å². The highest BCUT2D eigenvalue weighted by Crippen LogP contribution is 2.27. The van der Waals surface area contributed by atoms with Gasteiger partial charge in [0.15, 0.2) is 0 Å². The summed E-state index contributed by atoms with van der Waals surface area (Å²) in [4.78, 5) is 52.3. The summed E-state index contributed by atoms with van der Waals surface area (Å²) in [5, 5.41) is 8.96. The van der Waals surface area contributed by atoms with Crippen LogP contribution >= 0.6 is 0 Å². The van der Waals surface area contributed by atoms with Crippen LogP contribution in [0, 0.1) is 0 Å². The molecule has 1 amide bonds. The Bertz CT molecular complexity index is 913. The van der Waals surface area contributed by atoms with E-state index in [1.165, 1.54) is 0 Å². The lowest BCUT2D eigenvalue weighted by Crippen LogP contribution is -2.42. The van der Waals surface area contributed by atoms with Gasteiger partial charge in [-0.2, -0.15) is 0 Å². The minimum Gasteiger partial charge on any atom is -0.478 e. The van der Waals surface area contributed by atoms with Crippen molar-refractivity contribution >= 4 is 11.9 Å². The molecule has 1 aliphatic heterocycles. The zero-order chi connectivity index (χ0) is 18.0. The molecule has 0 spiro atoms. The van der Waals surface area contributed by atoms with Crippen LogP contribution in [-0.4, -0.2) is 44.9 Å². The Balaban J connectivity index is 1.78. The molecule has 25 heavy (non-hydrogen) atoms. The largest absolute Gasteiger partial charge is 0.478 e. The normalized spacial score (nSPS) is 17.3. The molecule has 1 aromatic heterocycles. The van der Waals surface area contributed by atoms with Crippen LogP contribution in [0.5, 0.6) is 0 Å². The predicted octanol–water partition coefficient (Wildman–Crippen LogP) is 0.781. The number of amides is 1. The number of aromatic amines is 2. The number of carbonyl (C=O) groups is 2. The zero-order valence-electron chi connectivity index (χ0n) is 13.3. The number of likely N-dealkylation sites (tertiary alicyclic amines) is 1. The molecule has 8 heteroatoms. The van der Waals surface area contributed by atoms with E-state index in [2.05, 4.69) is 4.98 Å². The van der Waals surface area contributed by atoms with Gasteiger partial charge in [0.05, 0.1) is 5.56 Å². The van der Waals surface area contributed by atoms with Gasteiger partial charge in [-0.3, -0.25) is 14.6 Å². The van der Waals surface area contributed by atoms with Crippen molar-refractivity contribution in [3.63, 3.8) is 0 Å². The first-order valence-corrected chi connectivity index (χ1v) is 7.90. The van der Waals surface area contributed by atoms with Crippen molar-refractivity contribution in [3.05, 3.63) is 68.0 Å². The standard InChI is InChI=1S/C17H17N3O5/c21-14-13(8-18-17(25)19-14)15(22)20-7-1-2-12(9-20)10-3-5-11(6-4-10)16(23)24/h3-6,8,12H,1-2,7,9H2,(H,23,24)(H2,18,19,21,25). The molecule has 1 aromatic carbocycles. The van der Waals surface area contributed by atoms with Crippen LogP contribution in [-0.2, 0) is 0 Å². The van der Waals surface area contributed by atoms with E-state index in [1.54, 1.807) is 29.2 Å². The van der Waals surface area contributed by atoms with Crippen LogP contribution < -0.4 is 11.2 Å². The Morgan fingerprint density at radius 1 is 1.16 bits per heavy atom. The number of carboxylic acid groups (broad SMARTS) is 1. The summed E-state index contributed by atoms with van der Waals surface area (Å²) in [6, 6.07) is 6.61. The summed E-state index contributed by atoms with van der Waals surface area (Å²) in [5.74, 6) is -1.34. The monoisotopic (exact) mass is 343 g/mol. The summed E-state index contributed by atoms with van der Waals surface area (Å²) >= 11 is 0. The summed E-state index contributed by atoms with van der Waals surface area (Å²) in [6.07, 6.45) is 2.78. The molecule has 0 saturated carbocycles. The van der Waals surface area contributed by atoms with E-state index >= 15 is 0 Å². The molecule has 0 aliphatic carbocycles. The molecule has 0 radical (unpaired) electrons. The molecule has 8 nitrogen and oxygen atoms in total. The molecule has 0 bridgehead atoms. The molecular formula is C17H17N3O5. The van der Waals surface area contributed by atoms with Crippen molar-refractivity contribution in [1.82, 2.24) is 14.9 Å². The number of hydrogen-bond acceptors (Lipinski definition) is 4. The van der Waals surface area contributed by atoms with Gasteiger partial charge in [0.2, 0.25) is 0 Å². The molecule has 1 fully saturated rings. The molecule has 3 rings (SSSR count). The van der Waals surface area contributed by atoms with E-state index in [0.29, 0.717) is 13.1 Å². The average molecular weight is 343 g/mol. The van der Waals surface area contributed by atoms with Gasteiger partial charge < -0.3 is 15.0 Å². The van der Waals surface area contributed by atoms with Gasteiger partial charge >= 0.3 is 11.7 Å². The van der Waals surface area contributed by atoms with Crippen LogP contribution in [0.1, 0.15) is 45.0 Å². The second kappa shape index (κ2) is 6.76. The third-order valence-electron chi connectivity index (χ3n) is 4.39. The lowest BCUT2D eigenvalue weighted by atomic mass is 9.90. The third-order valence-corrected chi connectivity index (χ3v) is 4.39. The SMILES string of the molecule is O=C(O)c1ccc(C2CCCN(C(=O)c3c[nH]c(=O)[nH]c3=O)C2)cc1. The Kier molecular flexibility index (Phi) is 4.51. The minimum atomic E-state index is -0.982. The minimum absolute atomic E-state index is 0.0717. The number of benzene rings is 1. The maximum atomic E-state index is 12.6. The van der Waals surface area contributed by atoms with Crippen LogP contribution in [0.3, 0.4) is 0 Å². The Labute approximate surface area is 142 Å². The maximum absolute atomic E-state index is 12.6. The van der Waals surface area contributed by atoms with Gasteiger partial charge in [-0.25, -0.2) is 9.59 Å². The fourth-order valence-corrected chi connectivity index (χ4v) is 3.07. The number of aromatic carboxylic acids is 1. The van der Waals surface area contributed by atoms with Crippen LogP contribution in [0.15, 0.2) is 40.1 Å². The molecule has 3 N–H and O–H groups in total. The number of rotatable bonds is 3. The number of aromatic nitrogens is 2. The first kappa shape index (κ1) is 16.7. The van der Waals surface area contributed by atoms with Crippen LogP contribution in [0.25, 0.3) is 0 Å². The van der Waals surface area contributed by atoms with Crippen molar-refractivity contribution in [2.24, 2.45) is 0 Å².